The maximum Gasteiger partial charge on any atom is 0.264 e. The lowest BCUT2D eigenvalue weighted by Gasteiger charge is -2.37. The van der Waals surface area contributed by atoms with Crippen molar-refractivity contribution in [3.63, 3.8) is 0 Å². The number of fused-ring (bicyclic) bond motifs is 1. The largest absolute Gasteiger partial charge is 0.335 e. The van der Waals surface area contributed by atoms with Gasteiger partial charge in [-0.25, -0.2) is 0 Å². The summed E-state index contributed by atoms with van der Waals surface area (Å²) < 4.78 is 2.43. The SMILES string of the molecule is CC1CCC(CN)CN1C(=O)c1cc2sccc2s1. The Labute approximate surface area is 121 Å². The zero-order chi connectivity index (χ0) is 13.4. The summed E-state index contributed by atoms with van der Waals surface area (Å²) in [4.78, 5) is 15.5. The molecule has 2 N–H and O–H groups in total. The Morgan fingerprint density at radius 1 is 1.47 bits per heavy atom. The Kier molecular flexibility index (Phi) is 3.60. The van der Waals surface area contributed by atoms with E-state index in [9.17, 15) is 4.79 Å². The normalized spacial score (nSPS) is 24.0. The highest BCUT2D eigenvalue weighted by Crippen LogP contribution is 2.32. The van der Waals surface area contributed by atoms with Gasteiger partial charge in [-0.15, -0.1) is 22.7 Å². The van der Waals surface area contributed by atoms with E-state index in [-0.39, 0.29) is 5.91 Å². The van der Waals surface area contributed by atoms with Crippen LogP contribution in [0.4, 0.5) is 0 Å². The first-order chi connectivity index (χ1) is 9.19. The van der Waals surface area contributed by atoms with Gasteiger partial charge in [-0.2, -0.15) is 0 Å². The van der Waals surface area contributed by atoms with Crippen LogP contribution in [0.25, 0.3) is 9.40 Å². The first-order valence-electron chi connectivity index (χ1n) is 6.67. The number of nitrogens with two attached hydrogens (primary N) is 1. The van der Waals surface area contributed by atoms with Gasteiger partial charge < -0.3 is 10.6 Å². The molecule has 5 heteroatoms. The lowest BCUT2D eigenvalue weighted by molar-refractivity contribution is 0.0572. The summed E-state index contributed by atoms with van der Waals surface area (Å²) in [6.07, 6.45) is 2.20. The fourth-order valence-electron chi connectivity index (χ4n) is 2.67. The van der Waals surface area contributed by atoms with Crippen LogP contribution in [0.5, 0.6) is 0 Å². The second-order valence-corrected chi connectivity index (χ2v) is 7.28. The summed E-state index contributed by atoms with van der Waals surface area (Å²) in [5.74, 6) is 0.639. The second kappa shape index (κ2) is 5.23. The van der Waals surface area contributed by atoms with Gasteiger partial charge in [-0.05, 0) is 49.7 Å². The fourth-order valence-corrected chi connectivity index (χ4v) is 4.74. The van der Waals surface area contributed by atoms with Crippen molar-refractivity contribution in [1.29, 1.82) is 0 Å². The highest BCUT2D eigenvalue weighted by atomic mass is 32.1. The van der Waals surface area contributed by atoms with Crippen molar-refractivity contribution in [1.82, 2.24) is 4.90 Å². The molecule has 0 bridgehead atoms. The van der Waals surface area contributed by atoms with Crippen LogP contribution in [0.3, 0.4) is 0 Å². The third-order valence-corrected chi connectivity index (χ3v) is 6.01. The lowest BCUT2D eigenvalue weighted by Crippen LogP contribution is -2.46. The van der Waals surface area contributed by atoms with Crippen molar-refractivity contribution in [2.24, 2.45) is 11.7 Å². The van der Waals surface area contributed by atoms with E-state index >= 15 is 0 Å². The molecule has 1 amide bonds. The van der Waals surface area contributed by atoms with Crippen LogP contribution in [-0.4, -0.2) is 29.9 Å². The third kappa shape index (κ3) is 2.42. The minimum absolute atomic E-state index is 0.180. The number of hydrogen-bond donors (Lipinski definition) is 1. The molecular formula is C14H18N2OS2. The van der Waals surface area contributed by atoms with Crippen LogP contribution in [0.15, 0.2) is 17.5 Å². The molecule has 3 nitrogen and oxygen atoms in total. The van der Waals surface area contributed by atoms with Crippen LogP contribution in [-0.2, 0) is 0 Å². The molecule has 0 spiro atoms. The number of carbonyl (C=O) groups excluding carboxylic acids is 1. The smallest absolute Gasteiger partial charge is 0.264 e. The van der Waals surface area contributed by atoms with Crippen molar-refractivity contribution in [2.75, 3.05) is 13.1 Å². The lowest BCUT2D eigenvalue weighted by atomic mass is 9.93. The predicted octanol–water partition coefficient (Wildman–Crippen LogP) is 3.16. The topological polar surface area (TPSA) is 46.3 Å². The van der Waals surface area contributed by atoms with Crippen molar-refractivity contribution < 1.29 is 4.79 Å². The van der Waals surface area contributed by atoms with Gasteiger partial charge in [-0.3, -0.25) is 4.79 Å². The zero-order valence-electron chi connectivity index (χ0n) is 11.0. The Morgan fingerprint density at radius 3 is 3.05 bits per heavy atom. The summed E-state index contributed by atoms with van der Waals surface area (Å²) in [6.45, 7) is 3.62. The molecule has 2 unspecified atom stereocenters. The van der Waals surface area contributed by atoms with Gasteiger partial charge in [0.25, 0.3) is 5.91 Å². The highest BCUT2D eigenvalue weighted by Gasteiger charge is 2.29. The summed E-state index contributed by atoms with van der Waals surface area (Å²) in [5, 5.41) is 2.07. The van der Waals surface area contributed by atoms with Crippen molar-refractivity contribution in [2.45, 2.75) is 25.8 Å². The van der Waals surface area contributed by atoms with E-state index in [1.165, 1.54) is 9.40 Å². The van der Waals surface area contributed by atoms with Gasteiger partial charge in [0.05, 0.1) is 4.88 Å². The van der Waals surface area contributed by atoms with E-state index in [1.54, 1.807) is 22.7 Å². The number of carbonyl (C=O) groups is 1. The molecule has 0 aromatic carbocycles. The molecule has 102 valence electrons. The molecule has 19 heavy (non-hydrogen) atoms. The molecule has 3 rings (SSSR count). The van der Waals surface area contributed by atoms with Crippen molar-refractivity contribution in [3.8, 4) is 0 Å². The van der Waals surface area contributed by atoms with Gasteiger partial charge >= 0.3 is 0 Å². The highest BCUT2D eigenvalue weighted by molar-refractivity contribution is 7.27. The van der Waals surface area contributed by atoms with E-state index in [1.807, 2.05) is 11.0 Å². The molecule has 1 fully saturated rings. The molecule has 1 aliphatic heterocycles. The molecule has 0 aliphatic carbocycles. The standard InChI is InChI=1S/C14H18N2OS2/c1-9-2-3-10(7-15)8-16(9)14(17)13-6-12-11(19-13)4-5-18-12/h4-6,9-10H,2-3,7-8,15H2,1H3. The quantitative estimate of drug-likeness (QED) is 0.924. The summed E-state index contributed by atoms with van der Waals surface area (Å²) in [6, 6.07) is 4.45. The first kappa shape index (κ1) is 13.1. The maximum absolute atomic E-state index is 12.6. The maximum atomic E-state index is 12.6. The molecule has 0 saturated carbocycles. The van der Waals surface area contributed by atoms with Crippen molar-refractivity contribution in [3.05, 3.63) is 22.4 Å². The molecule has 1 aliphatic rings. The minimum atomic E-state index is 0.180. The molecular weight excluding hydrogens is 276 g/mol. The average Bonchev–Trinajstić information content (AvgIpc) is 2.99. The minimum Gasteiger partial charge on any atom is -0.335 e. The van der Waals surface area contributed by atoms with Crippen LogP contribution >= 0.6 is 22.7 Å². The van der Waals surface area contributed by atoms with E-state index in [0.717, 1.165) is 24.3 Å². The molecule has 3 heterocycles. The van der Waals surface area contributed by atoms with E-state index in [0.29, 0.717) is 18.5 Å². The number of hydrogen-bond acceptors (Lipinski definition) is 4. The van der Waals surface area contributed by atoms with Crippen LogP contribution in [0.2, 0.25) is 0 Å². The Morgan fingerprint density at radius 2 is 2.32 bits per heavy atom. The molecule has 2 atom stereocenters. The number of amides is 1. The van der Waals surface area contributed by atoms with Gasteiger partial charge in [0.15, 0.2) is 0 Å². The number of thiophene rings is 2. The van der Waals surface area contributed by atoms with Crippen molar-refractivity contribution >= 4 is 38.0 Å². The van der Waals surface area contributed by atoms with Gasteiger partial charge in [0, 0.05) is 22.0 Å². The number of rotatable bonds is 2. The van der Waals surface area contributed by atoms with Gasteiger partial charge in [0.1, 0.15) is 0 Å². The zero-order valence-corrected chi connectivity index (χ0v) is 12.6. The van der Waals surface area contributed by atoms with Crippen LogP contribution < -0.4 is 5.73 Å². The number of nitrogens with zero attached hydrogens (tertiary/aromatic N) is 1. The van der Waals surface area contributed by atoms with Gasteiger partial charge in [-0.1, -0.05) is 0 Å². The van der Waals surface area contributed by atoms with E-state index < -0.39 is 0 Å². The summed E-state index contributed by atoms with van der Waals surface area (Å²) in [7, 11) is 0. The third-order valence-electron chi connectivity index (χ3n) is 3.92. The first-order valence-corrected chi connectivity index (χ1v) is 8.36. The van der Waals surface area contributed by atoms with Crippen LogP contribution in [0.1, 0.15) is 29.4 Å². The monoisotopic (exact) mass is 294 g/mol. The average molecular weight is 294 g/mol. The van der Waals surface area contributed by atoms with E-state index in [4.69, 9.17) is 5.73 Å². The summed E-state index contributed by atoms with van der Waals surface area (Å²) in [5.41, 5.74) is 5.76. The number of piperidine rings is 1. The summed E-state index contributed by atoms with van der Waals surface area (Å²) >= 11 is 3.30. The molecule has 2 aromatic heterocycles. The molecule has 0 radical (unpaired) electrons. The molecule has 2 aromatic rings. The van der Waals surface area contributed by atoms with Gasteiger partial charge in [0.2, 0.25) is 0 Å². The number of likely N-dealkylation sites (tertiary alicyclic amines) is 1. The Balaban J connectivity index is 1.83. The van der Waals surface area contributed by atoms with Crippen LogP contribution in [0, 0.1) is 5.92 Å². The molecule has 1 saturated heterocycles. The Bertz CT molecular complexity index is 561. The van der Waals surface area contributed by atoms with E-state index in [2.05, 4.69) is 18.4 Å². The Hall–Kier alpha value is -0.910. The fraction of sp³-hybridized carbons (Fsp3) is 0.500. The predicted molar refractivity (Wildman–Crippen MR) is 82.0 cm³/mol. The second-order valence-electron chi connectivity index (χ2n) is 5.25.